The maximum atomic E-state index is 12.0. The first-order valence-corrected chi connectivity index (χ1v) is 5.85. The summed E-state index contributed by atoms with van der Waals surface area (Å²) >= 11 is 0. The van der Waals surface area contributed by atoms with Crippen LogP contribution >= 0.6 is 0 Å². The molecule has 1 atom stereocenters. The van der Waals surface area contributed by atoms with Gasteiger partial charge in [0, 0.05) is 18.0 Å². The topological polar surface area (TPSA) is 35.2 Å². The van der Waals surface area contributed by atoms with Gasteiger partial charge in [0.05, 0.1) is 6.61 Å². The third-order valence-corrected chi connectivity index (χ3v) is 2.52. The van der Waals surface area contributed by atoms with Crippen molar-refractivity contribution in [3.05, 3.63) is 29.3 Å². The predicted molar refractivity (Wildman–Crippen MR) is 64.6 cm³/mol. The van der Waals surface area contributed by atoms with Gasteiger partial charge in [-0.05, 0) is 26.3 Å². The zero-order valence-electron chi connectivity index (χ0n) is 10.6. The number of benzene rings is 1. The Morgan fingerprint density at radius 1 is 1.33 bits per heavy atom. The largest absolute Gasteiger partial charge is 0.493 e. The second-order valence-corrected chi connectivity index (χ2v) is 4.40. The van der Waals surface area contributed by atoms with Crippen LogP contribution in [0.5, 0.6) is 5.75 Å². The molecule has 18 heavy (non-hydrogen) atoms. The van der Waals surface area contributed by atoms with E-state index in [0.29, 0.717) is 5.75 Å². The second-order valence-electron chi connectivity index (χ2n) is 4.40. The van der Waals surface area contributed by atoms with Crippen LogP contribution in [0.25, 0.3) is 0 Å². The van der Waals surface area contributed by atoms with Gasteiger partial charge in [0.1, 0.15) is 5.75 Å². The monoisotopic (exact) mass is 261 g/mol. The summed E-state index contributed by atoms with van der Waals surface area (Å²) in [6, 6.07) is 5.29. The fourth-order valence-electron chi connectivity index (χ4n) is 1.61. The van der Waals surface area contributed by atoms with E-state index in [1.165, 1.54) is 0 Å². The lowest BCUT2D eigenvalue weighted by molar-refractivity contribution is -0.136. The van der Waals surface area contributed by atoms with Gasteiger partial charge in [-0.2, -0.15) is 13.2 Å². The highest BCUT2D eigenvalue weighted by Crippen LogP contribution is 2.26. The molecule has 1 aromatic rings. The van der Waals surface area contributed by atoms with Gasteiger partial charge in [-0.25, -0.2) is 0 Å². The Labute approximate surface area is 105 Å². The van der Waals surface area contributed by atoms with E-state index >= 15 is 0 Å². The number of nitrogens with two attached hydrogens (primary N) is 1. The van der Waals surface area contributed by atoms with Crippen LogP contribution in [0.2, 0.25) is 0 Å². The van der Waals surface area contributed by atoms with Crippen molar-refractivity contribution >= 4 is 0 Å². The quantitative estimate of drug-likeness (QED) is 0.819. The number of alkyl halides is 3. The molecule has 0 amide bonds. The highest BCUT2D eigenvalue weighted by molar-refractivity contribution is 5.38. The molecule has 0 saturated heterocycles. The van der Waals surface area contributed by atoms with Crippen LogP contribution in [-0.4, -0.2) is 12.8 Å². The van der Waals surface area contributed by atoms with Crippen molar-refractivity contribution < 1.29 is 17.9 Å². The molecule has 5 heteroatoms. The van der Waals surface area contributed by atoms with Gasteiger partial charge in [-0.3, -0.25) is 0 Å². The number of hydrogen-bond donors (Lipinski definition) is 1. The van der Waals surface area contributed by atoms with Gasteiger partial charge in [0.15, 0.2) is 0 Å². The molecule has 102 valence electrons. The molecule has 0 saturated carbocycles. The van der Waals surface area contributed by atoms with E-state index in [4.69, 9.17) is 10.5 Å². The standard InChI is InChI=1S/C13H18F3NO/c1-9-4-5-12(11(8-9)10(2)17)18-7-3-6-13(14,15)16/h4-5,8,10H,3,6-7,17H2,1-2H3/t10-/m1/s1. The molecule has 0 unspecified atom stereocenters. The number of hydrogen-bond acceptors (Lipinski definition) is 2. The maximum absolute atomic E-state index is 12.0. The molecule has 0 aromatic heterocycles. The predicted octanol–water partition coefficient (Wildman–Crippen LogP) is 3.74. The molecule has 1 rings (SSSR count). The Balaban J connectivity index is 2.57. The fraction of sp³-hybridized carbons (Fsp3) is 0.538. The van der Waals surface area contributed by atoms with Gasteiger partial charge < -0.3 is 10.5 Å². The number of halogens is 3. The average molecular weight is 261 g/mol. The van der Waals surface area contributed by atoms with Crippen molar-refractivity contribution in [2.75, 3.05) is 6.61 Å². The molecule has 2 N–H and O–H groups in total. The highest BCUT2D eigenvalue weighted by atomic mass is 19.4. The molecule has 0 aliphatic heterocycles. The van der Waals surface area contributed by atoms with E-state index in [9.17, 15) is 13.2 Å². The Morgan fingerprint density at radius 2 is 2.00 bits per heavy atom. The van der Waals surface area contributed by atoms with Crippen molar-refractivity contribution in [3.8, 4) is 5.75 Å². The summed E-state index contributed by atoms with van der Waals surface area (Å²) in [6.07, 6.45) is -5.00. The molecule has 2 nitrogen and oxygen atoms in total. The SMILES string of the molecule is Cc1ccc(OCCCC(F)(F)F)c([C@@H](C)N)c1. The Hall–Kier alpha value is -1.23. The first-order valence-electron chi connectivity index (χ1n) is 5.85. The average Bonchev–Trinajstić information content (AvgIpc) is 2.24. The van der Waals surface area contributed by atoms with Crippen molar-refractivity contribution in [3.63, 3.8) is 0 Å². The normalized spacial score (nSPS) is 13.4. The minimum absolute atomic E-state index is 0.0439. The van der Waals surface area contributed by atoms with Crippen LogP contribution in [0.15, 0.2) is 18.2 Å². The molecule has 0 heterocycles. The van der Waals surface area contributed by atoms with Crippen LogP contribution in [0, 0.1) is 6.92 Å². The molecule has 0 aliphatic rings. The number of ether oxygens (including phenoxy) is 1. The van der Waals surface area contributed by atoms with Gasteiger partial charge in [-0.1, -0.05) is 17.7 Å². The van der Waals surface area contributed by atoms with Crippen LogP contribution in [-0.2, 0) is 0 Å². The van der Waals surface area contributed by atoms with Crippen LogP contribution < -0.4 is 10.5 Å². The summed E-state index contributed by atoms with van der Waals surface area (Å²) in [6.45, 7) is 3.79. The van der Waals surface area contributed by atoms with Gasteiger partial charge in [0.2, 0.25) is 0 Å². The van der Waals surface area contributed by atoms with Crippen LogP contribution in [0.1, 0.15) is 36.9 Å². The fourth-order valence-corrected chi connectivity index (χ4v) is 1.61. The zero-order valence-corrected chi connectivity index (χ0v) is 10.6. The van der Waals surface area contributed by atoms with Gasteiger partial charge in [0.25, 0.3) is 0 Å². The Morgan fingerprint density at radius 3 is 2.56 bits per heavy atom. The van der Waals surface area contributed by atoms with Crippen molar-refractivity contribution in [1.82, 2.24) is 0 Å². The summed E-state index contributed by atoms with van der Waals surface area (Å²) < 4.78 is 41.3. The minimum Gasteiger partial charge on any atom is -0.493 e. The van der Waals surface area contributed by atoms with Crippen LogP contribution in [0.3, 0.4) is 0 Å². The van der Waals surface area contributed by atoms with Crippen LogP contribution in [0.4, 0.5) is 13.2 Å². The lowest BCUT2D eigenvalue weighted by Gasteiger charge is -2.15. The summed E-state index contributed by atoms with van der Waals surface area (Å²) in [5, 5.41) is 0. The summed E-state index contributed by atoms with van der Waals surface area (Å²) in [5.41, 5.74) is 7.66. The van der Waals surface area contributed by atoms with E-state index in [1.807, 2.05) is 26.0 Å². The van der Waals surface area contributed by atoms with Gasteiger partial charge in [-0.15, -0.1) is 0 Å². The summed E-state index contributed by atoms with van der Waals surface area (Å²) in [4.78, 5) is 0. The van der Waals surface area contributed by atoms with E-state index in [1.54, 1.807) is 6.07 Å². The van der Waals surface area contributed by atoms with E-state index < -0.39 is 12.6 Å². The lowest BCUT2D eigenvalue weighted by Crippen LogP contribution is -2.12. The molecule has 1 aromatic carbocycles. The third kappa shape index (κ3) is 4.96. The van der Waals surface area contributed by atoms with Crippen molar-refractivity contribution in [2.24, 2.45) is 5.73 Å². The van der Waals surface area contributed by atoms with E-state index in [0.717, 1.165) is 11.1 Å². The second kappa shape index (κ2) is 6.09. The third-order valence-electron chi connectivity index (χ3n) is 2.52. The van der Waals surface area contributed by atoms with E-state index in [-0.39, 0.29) is 19.1 Å². The molecule has 0 fully saturated rings. The molecule has 0 aliphatic carbocycles. The lowest BCUT2D eigenvalue weighted by atomic mass is 10.1. The van der Waals surface area contributed by atoms with E-state index in [2.05, 4.69) is 0 Å². The first-order chi connectivity index (χ1) is 8.29. The Kier molecular flexibility index (Phi) is 5.02. The maximum Gasteiger partial charge on any atom is 0.389 e. The number of rotatable bonds is 5. The molecule has 0 spiro atoms. The minimum atomic E-state index is -4.12. The molecule has 0 radical (unpaired) electrons. The summed E-state index contributed by atoms with van der Waals surface area (Å²) in [5.74, 6) is 0.567. The number of aryl methyl sites for hydroxylation is 1. The molecule has 0 bridgehead atoms. The zero-order chi connectivity index (χ0) is 13.8. The van der Waals surface area contributed by atoms with Gasteiger partial charge >= 0.3 is 6.18 Å². The van der Waals surface area contributed by atoms with Crippen molar-refractivity contribution in [2.45, 2.75) is 38.9 Å². The highest BCUT2D eigenvalue weighted by Gasteiger charge is 2.26. The molecular weight excluding hydrogens is 243 g/mol. The van der Waals surface area contributed by atoms with Crippen molar-refractivity contribution in [1.29, 1.82) is 0 Å². The Bertz CT molecular complexity index is 388. The first kappa shape index (κ1) is 14.8. The smallest absolute Gasteiger partial charge is 0.389 e. The molecular formula is C13H18F3NO. The summed E-state index contributed by atoms with van der Waals surface area (Å²) in [7, 11) is 0.